The van der Waals surface area contributed by atoms with Crippen molar-refractivity contribution in [1.29, 1.82) is 0 Å². The van der Waals surface area contributed by atoms with Gasteiger partial charge in [-0.2, -0.15) is 0 Å². The maximum atomic E-state index is 10.1. The van der Waals surface area contributed by atoms with Crippen molar-refractivity contribution in [2.75, 3.05) is 0 Å². The average Bonchev–Trinajstić information content (AvgIpc) is 1.82. The van der Waals surface area contributed by atoms with Crippen LogP contribution in [0.1, 0.15) is 0 Å². The minimum Gasteiger partial charge on any atom is -0.465 e. The summed E-state index contributed by atoms with van der Waals surface area (Å²) < 4.78 is 5.91. The maximum absolute atomic E-state index is 10.1. The summed E-state index contributed by atoms with van der Waals surface area (Å²) in [5.74, 6) is 0. The highest BCUT2D eigenvalue weighted by Crippen LogP contribution is 1.84. The number of hydrogen-bond acceptors (Lipinski definition) is 2. The maximum Gasteiger partial charge on any atom is 0.404 e. The fourth-order valence-electron chi connectivity index (χ4n) is 0.325. The molecule has 0 aliphatic rings. The molecule has 0 saturated heterocycles. The molecule has 0 rings (SSSR count). The van der Waals surface area contributed by atoms with Gasteiger partial charge in [0.2, 0.25) is 0 Å². The molecule has 0 radical (unpaired) electrons. The van der Waals surface area contributed by atoms with Crippen molar-refractivity contribution in [3.05, 3.63) is 12.8 Å². The Morgan fingerprint density at radius 3 is 2.67 bits per heavy atom. The molecule has 0 aromatic rings. The highest BCUT2D eigenvalue weighted by atomic mass is 28.3. The van der Waals surface area contributed by atoms with Crippen LogP contribution in [0.2, 0.25) is 0 Å². The van der Waals surface area contributed by atoms with Crippen molar-refractivity contribution >= 4 is 26.5 Å². The molecule has 52 valence electrons. The fourth-order valence-corrected chi connectivity index (χ4v) is 1.65. The minimum absolute atomic E-state index is 0.596. The third kappa shape index (κ3) is 3.06. The van der Waals surface area contributed by atoms with Gasteiger partial charge in [-0.15, -0.1) is 0 Å². The molecular formula is C3H9NO3Si2. The van der Waals surface area contributed by atoms with E-state index in [1.807, 2.05) is 0 Å². The van der Waals surface area contributed by atoms with E-state index in [0.29, 0.717) is 10.5 Å². The van der Waals surface area contributed by atoms with Gasteiger partial charge in [-0.1, -0.05) is 6.58 Å². The molecule has 0 aliphatic carbocycles. The second-order valence-corrected chi connectivity index (χ2v) is 4.60. The second-order valence-electron chi connectivity index (χ2n) is 1.35. The first-order valence-corrected chi connectivity index (χ1v) is 4.36. The van der Waals surface area contributed by atoms with Gasteiger partial charge in [0.05, 0.1) is 0 Å². The van der Waals surface area contributed by atoms with Gasteiger partial charge < -0.3 is 9.22 Å². The molecular weight excluding hydrogens is 154 g/mol. The molecule has 0 heterocycles. The zero-order valence-corrected chi connectivity index (χ0v) is 8.62. The van der Waals surface area contributed by atoms with Crippen molar-refractivity contribution in [3.63, 3.8) is 0 Å². The Labute approximate surface area is 58.7 Å². The lowest BCUT2D eigenvalue weighted by atomic mass is 10.9. The molecule has 1 N–H and O–H groups in total. The van der Waals surface area contributed by atoms with Crippen LogP contribution >= 0.6 is 0 Å². The molecule has 0 fully saturated rings. The lowest BCUT2D eigenvalue weighted by molar-refractivity contribution is 0.180. The lowest BCUT2D eigenvalue weighted by Crippen LogP contribution is -2.28. The van der Waals surface area contributed by atoms with Crippen LogP contribution in [0, 0.1) is 0 Å². The summed E-state index contributed by atoms with van der Waals surface area (Å²) in [6, 6.07) is 0. The summed E-state index contributed by atoms with van der Waals surface area (Å²) in [6.07, 6.45) is 0.291. The number of nitrogens with zero attached hydrogens (tertiary/aromatic N) is 1. The van der Waals surface area contributed by atoms with E-state index in [1.165, 1.54) is 6.20 Å². The summed E-state index contributed by atoms with van der Waals surface area (Å²) in [5, 5.41) is 8.33. The minimum atomic E-state index is -1.03. The van der Waals surface area contributed by atoms with Gasteiger partial charge >= 0.3 is 6.09 Å². The highest BCUT2D eigenvalue weighted by Gasteiger charge is 2.04. The van der Waals surface area contributed by atoms with Gasteiger partial charge in [0.15, 0.2) is 0 Å². The van der Waals surface area contributed by atoms with E-state index in [9.17, 15) is 4.79 Å². The van der Waals surface area contributed by atoms with Crippen LogP contribution in [0.3, 0.4) is 0 Å². The van der Waals surface area contributed by atoms with E-state index in [4.69, 9.17) is 9.22 Å². The van der Waals surface area contributed by atoms with Crippen LogP contribution in [0.25, 0.3) is 0 Å². The van der Waals surface area contributed by atoms with Crippen LogP contribution in [0.4, 0.5) is 4.79 Å². The monoisotopic (exact) mass is 163 g/mol. The average molecular weight is 163 g/mol. The van der Waals surface area contributed by atoms with Crippen LogP contribution in [-0.4, -0.2) is 36.2 Å². The Balaban J connectivity index is 3.68. The molecule has 0 aromatic heterocycles. The molecule has 0 spiro atoms. The van der Waals surface area contributed by atoms with E-state index < -0.39 is 16.0 Å². The Bertz CT molecular complexity index is 118. The van der Waals surface area contributed by atoms with Crippen molar-refractivity contribution in [2.45, 2.75) is 0 Å². The Hall–Kier alpha value is -0.596. The molecule has 1 amide bonds. The molecule has 0 saturated carbocycles. The van der Waals surface area contributed by atoms with Crippen LogP contribution in [0.5, 0.6) is 0 Å². The number of rotatable bonds is 3. The molecule has 9 heavy (non-hydrogen) atoms. The van der Waals surface area contributed by atoms with Crippen molar-refractivity contribution < 1.29 is 14.0 Å². The molecule has 4 nitrogen and oxygen atoms in total. The van der Waals surface area contributed by atoms with E-state index in [0.717, 1.165) is 4.57 Å². The van der Waals surface area contributed by atoms with Gasteiger partial charge in [-0.25, -0.2) is 4.79 Å². The quantitative estimate of drug-likeness (QED) is 0.510. The Kier molecular flexibility index (Phi) is 4.01. The molecule has 0 atom stereocenters. The standard InChI is InChI=1S/C3H9NO3Si2/c1-2-4(3(5)6)9-7-8/h2H,1,9H2,8H3,(H,5,6). The Morgan fingerprint density at radius 1 is 2.00 bits per heavy atom. The topological polar surface area (TPSA) is 49.8 Å². The van der Waals surface area contributed by atoms with E-state index >= 15 is 0 Å². The first kappa shape index (κ1) is 8.40. The summed E-state index contributed by atoms with van der Waals surface area (Å²) in [4.78, 5) is 10.1. The number of hydrogen-bond donors (Lipinski definition) is 1. The lowest BCUT2D eigenvalue weighted by Gasteiger charge is -2.10. The largest absolute Gasteiger partial charge is 0.465 e. The van der Waals surface area contributed by atoms with Gasteiger partial charge in [0.1, 0.15) is 10.5 Å². The number of amides is 1. The van der Waals surface area contributed by atoms with E-state index in [2.05, 4.69) is 6.58 Å². The summed E-state index contributed by atoms with van der Waals surface area (Å²) in [5.41, 5.74) is 0. The summed E-state index contributed by atoms with van der Waals surface area (Å²) in [6.45, 7) is 3.32. The van der Waals surface area contributed by atoms with Crippen molar-refractivity contribution in [3.8, 4) is 0 Å². The van der Waals surface area contributed by atoms with Gasteiger partial charge in [0, 0.05) is 0 Å². The third-order valence-electron chi connectivity index (χ3n) is 0.734. The molecule has 0 aliphatic heterocycles. The normalized spacial score (nSPS) is 10.2. The molecule has 0 unspecified atom stereocenters. The predicted octanol–water partition coefficient (Wildman–Crippen LogP) is -1.59. The van der Waals surface area contributed by atoms with Crippen LogP contribution in [0.15, 0.2) is 12.8 Å². The first-order chi connectivity index (χ1) is 4.22. The summed E-state index contributed by atoms with van der Waals surface area (Å²) >= 11 is 0. The van der Waals surface area contributed by atoms with Gasteiger partial charge in [-0.3, -0.25) is 4.57 Å². The zero-order chi connectivity index (χ0) is 7.28. The predicted molar refractivity (Wildman–Crippen MR) is 39.6 cm³/mol. The first-order valence-electron chi connectivity index (χ1n) is 2.33. The smallest absolute Gasteiger partial charge is 0.404 e. The molecule has 6 heteroatoms. The van der Waals surface area contributed by atoms with Gasteiger partial charge in [-0.05, 0) is 6.20 Å². The van der Waals surface area contributed by atoms with E-state index in [-0.39, 0.29) is 0 Å². The van der Waals surface area contributed by atoms with Gasteiger partial charge in [0.25, 0.3) is 9.92 Å². The number of carbonyl (C=O) groups is 1. The highest BCUT2D eigenvalue weighted by molar-refractivity contribution is 6.35. The zero-order valence-electron chi connectivity index (χ0n) is 5.20. The SMILES string of the molecule is C=CN([SiH2]O[SiH3])C(=O)O. The fraction of sp³-hybridized carbons (Fsp3) is 0. The number of carboxylic acid groups (broad SMARTS) is 1. The molecule has 0 bridgehead atoms. The third-order valence-corrected chi connectivity index (χ3v) is 2.57. The molecule has 0 aromatic carbocycles. The van der Waals surface area contributed by atoms with E-state index in [1.54, 1.807) is 0 Å². The van der Waals surface area contributed by atoms with Crippen LogP contribution in [-0.2, 0) is 4.12 Å². The summed E-state index contributed by atoms with van der Waals surface area (Å²) in [7, 11) is -0.438. The second kappa shape index (κ2) is 4.30. The van der Waals surface area contributed by atoms with Crippen molar-refractivity contribution in [2.24, 2.45) is 0 Å². The Morgan fingerprint density at radius 2 is 2.56 bits per heavy atom. The van der Waals surface area contributed by atoms with Crippen LogP contribution < -0.4 is 0 Å². The van der Waals surface area contributed by atoms with Crippen molar-refractivity contribution in [1.82, 2.24) is 4.57 Å².